The van der Waals surface area contributed by atoms with Gasteiger partial charge in [0.25, 0.3) is 0 Å². The molecule has 98 valence electrons. The second-order valence-electron chi connectivity index (χ2n) is 6.63. The van der Waals surface area contributed by atoms with E-state index in [0.717, 1.165) is 12.3 Å². The van der Waals surface area contributed by atoms with Gasteiger partial charge in [-0.3, -0.25) is 0 Å². The number of hydrogen-bond donors (Lipinski definition) is 1. The Bertz CT molecular complexity index is 413. The van der Waals surface area contributed by atoms with Crippen LogP contribution in [0.15, 0.2) is 30.3 Å². The average Bonchev–Trinajstić information content (AvgIpc) is 3.16. The molecule has 5 unspecified atom stereocenters. The van der Waals surface area contributed by atoms with Crippen molar-refractivity contribution < 1.29 is 5.11 Å². The molecule has 0 aliphatic heterocycles. The van der Waals surface area contributed by atoms with Gasteiger partial charge in [-0.1, -0.05) is 44.2 Å². The second kappa shape index (κ2) is 4.38. The summed E-state index contributed by atoms with van der Waals surface area (Å²) in [6.07, 6.45) is 4.57. The normalized spacial score (nSPS) is 43.7. The predicted molar refractivity (Wildman–Crippen MR) is 74.4 cm³/mol. The summed E-state index contributed by atoms with van der Waals surface area (Å²) in [5, 5.41) is 11.0. The lowest BCUT2D eigenvalue weighted by molar-refractivity contribution is -0.0723. The molecule has 0 heterocycles. The van der Waals surface area contributed by atoms with E-state index in [-0.39, 0.29) is 0 Å². The van der Waals surface area contributed by atoms with Crippen molar-refractivity contribution >= 4 is 0 Å². The lowest BCUT2D eigenvalue weighted by Crippen LogP contribution is -2.43. The van der Waals surface area contributed by atoms with Gasteiger partial charge in [-0.2, -0.15) is 0 Å². The van der Waals surface area contributed by atoms with Crippen molar-refractivity contribution in [1.82, 2.24) is 0 Å². The van der Waals surface area contributed by atoms with Gasteiger partial charge in [-0.05, 0) is 54.9 Å². The molecule has 0 aromatic heterocycles. The first-order valence-corrected chi connectivity index (χ1v) is 7.38. The first kappa shape index (κ1) is 12.2. The summed E-state index contributed by atoms with van der Waals surface area (Å²) in [5.41, 5.74) is 1.02. The van der Waals surface area contributed by atoms with E-state index >= 15 is 0 Å². The Kier molecular flexibility index (Phi) is 2.97. The van der Waals surface area contributed by atoms with Crippen LogP contribution in [0, 0.1) is 17.8 Å². The molecule has 1 aromatic carbocycles. The van der Waals surface area contributed by atoms with Crippen molar-refractivity contribution in [3.8, 4) is 0 Å². The van der Waals surface area contributed by atoms with Crippen molar-refractivity contribution in [2.24, 2.45) is 17.8 Å². The van der Waals surface area contributed by atoms with Gasteiger partial charge in [0.1, 0.15) is 0 Å². The highest BCUT2D eigenvalue weighted by Crippen LogP contribution is 2.59. The maximum absolute atomic E-state index is 11.0. The van der Waals surface area contributed by atoms with Gasteiger partial charge in [0.2, 0.25) is 0 Å². The van der Waals surface area contributed by atoms with Crippen LogP contribution in [0.3, 0.4) is 0 Å². The van der Waals surface area contributed by atoms with Gasteiger partial charge in [0, 0.05) is 0 Å². The van der Waals surface area contributed by atoms with Crippen molar-refractivity contribution in [2.45, 2.75) is 51.0 Å². The van der Waals surface area contributed by atoms with Crippen LogP contribution in [0.2, 0.25) is 0 Å². The quantitative estimate of drug-likeness (QED) is 0.834. The minimum Gasteiger partial charge on any atom is -0.389 e. The van der Waals surface area contributed by atoms with E-state index < -0.39 is 5.60 Å². The molecule has 0 radical (unpaired) electrons. The Morgan fingerprint density at radius 2 is 1.83 bits per heavy atom. The molecule has 5 atom stereocenters. The van der Waals surface area contributed by atoms with Gasteiger partial charge in [0.15, 0.2) is 0 Å². The maximum Gasteiger partial charge on any atom is 0.0707 e. The Labute approximate surface area is 110 Å². The third kappa shape index (κ3) is 1.99. The molecule has 0 spiro atoms. The molecule has 3 rings (SSSR count). The topological polar surface area (TPSA) is 20.2 Å². The Balaban J connectivity index is 1.74. The fourth-order valence-corrected chi connectivity index (χ4v) is 4.02. The predicted octanol–water partition coefficient (Wildman–Crippen LogP) is 3.98. The van der Waals surface area contributed by atoms with Crippen molar-refractivity contribution in [3.63, 3.8) is 0 Å². The van der Waals surface area contributed by atoms with Crippen molar-refractivity contribution in [3.05, 3.63) is 35.9 Å². The molecular formula is C17H24O. The maximum atomic E-state index is 11.0. The van der Waals surface area contributed by atoms with Crippen LogP contribution in [-0.4, -0.2) is 10.7 Å². The molecule has 0 saturated heterocycles. The number of rotatable bonds is 2. The minimum absolute atomic E-state index is 0.396. The third-order valence-electron chi connectivity index (χ3n) is 5.31. The monoisotopic (exact) mass is 244 g/mol. The molecule has 1 aromatic rings. The van der Waals surface area contributed by atoms with Gasteiger partial charge in [-0.25, -0.2) is 0 Å². The first-order valence-electron chi connectivity index (χ1n) is 7.38. The van der Waals surface area contributed by atoms with Crippen molar-refractivity contribution in [2.75, 3.05) is 0 Å². The van der Waals surface area contributed by atoms with Crippen LogP contribution in [-0.2, 0) is 0 Å². The number of aliphatic hydroxyl groups is 1. The molecule has 1 heteroatoms. The number of benzene rings is 1. The minimum atomic E-state index is -0.396. The Morgan fingerprint density at radius 3 is 2.50 bits per heavy atom. The summed E-state index contributed by atoms with van der Waals surface area (Å²) < 4.78 is 0. The van der Waals surface area contributed by atoms with E-state index in [4.69, 9.17) is 0 Å². The first-order chi connectivity index (χ1) is 8.61. The standard InChI is InChI=1S/C17H24O/c1-12-8-9-17(18,13(2)10-12)16-11-15(16)14-6-4-3-5-7-14/h3-7,12-13,15-16,18H,8-11H2,1-2H3. The number of hydrogen-bond acceptors (Lipinski definition) is 1. The highest BCUT2D eigenvalue weighted by atomic mass is 16.3. The van der Waals surface area contributed by atoms with Crippen LogP contribution in [0.25, 0.3) is 0 Å². The Morgan fingerprint density at radius 1 is 1.11 bits per heavy atom. The van der Waals surface area contributed by atoms with Crippen molar-refractivity contribution in [1.29, 1.82) is 0 Å². The van der Waals surface area contributed by atoms with Crippen LogP contribution in [0.4, 0.5) is 0 Å². The van der Waals surface area contributed by atoms with E-state index in [1.165, 1.54) is 24.8 Å². The highest BCUT2D eigenvalue weighted by molar-refractivity contribution is 5.28. The van der Waals surface area contributed by atoms with Crippen LogP contribution in [0.5, 0.6) is 0 Å². The van der Waals surface area contributed by atoms with Gasteiger partial charge >= 0.3 is 0 Å². The Hall–Kier alpha value is -0.820. The smallest absolute Gasteiger partial charge is 0.0707 e. The largest absolute Gasteiger partial charge is 0.389 e. The molecular weight excluding hydrogens is 220 g/mol. The molecule has 1 nitrogen and oxygen atoms in total. The fraction of sp³-hybridized carbons (Fsp3) is 0.647. The molecule has 18 heavy (non-hydrogen) atoms. The lowest BCUT2D eigenvalue weighted by atomic mass is 9.69. The second-order valence-corrected chi connectivity index (χ2v) is 6.63. The van der Waals surface area contributed by atoms with E-state index in [1.54, 1.807) is 0 Å². The summed E-state index contributed by atoms with van der Waals surface area (Å²) in [6.45, 7) is 4.56. The van der Waals surface area contributed by atoms with Crippen LogP contribution in [0.1, 0.15) is 51.0 Å². The molecule has 2 saturated carbocycles. The zero-order chi connectivity index (χ0) is 12.8. The summed E-state index contributed by atoms with van der Waals surface area (Å²) in [5.74, 6) is 2.35. The molecule has 0 amide bonds. The zero-order valence-electron chi connectivity index (χ0n) is 11.5. The highest BCUT2D eigenvalue weighted by Gasteiger charge is 2.55. The zero-order valence-corrected chi connectivity index (χ0v) is 11.5. The van der Waals surface area contributed by atoms with E-state index in [2.05, 4.69) is 44.2 Å². The molecule has 2 aliphatic rings. The molecule has 2 aliphatic carbocycles. The summed E-state index contributed by atoms with van der Waals surface area (Å²) in [4.78, 5) is 0. The summed E-state index contributed by atoms with van der Waals surface area (Å²) in [7, 11) is 0. The van der Waals surface area contributed by atoms with E-state index in [1.807, 2.05) is 0 Å². The third-order valence-corrected chi connectivity index (χ3v) is 5.31. The van der Waals surface area contributed by atoms with Crippen LogP contribution >= 0.6 is 0 Å². The molecule has 1 N–H and O–H groups in total. The van der Waals surface area contributed by atoms with E-state index in [0.29, 0.717) is 17.8 Å². The van der Waals surface area contributed by atoms with Gasteiger partial charge in [0.05, 0.1) is 5.60 Å². The summed E-state index contributed by atoms with van der Waals surface area (Å²) in [6, 6.07) is 10.7. The molecule has 0 bridgehead atoms. The van der Waals surface area contributed by atoms with E-state index in [9.17, 15) is 5.11 Å². The lowest BCUT2D eigenvalue weighted by Gasteiger charge is -2.41. The molecule has 2 fully saturated rings. The summed E-state index contributed by atoms with van der Waals surface area (Å²) >= 11 is 0. The fourth-order valence-electron chi connectivity index (χ4n) is 4.02. The SMILES string of the molecule is CC1CCC(O)(C2CC2c2ccccc2)C(C)C1. The van der Waals surface area contributed by atoms with Crippen LogP contribution < -0.4 is 0 Å². The van der Waals surface area contributed by atoms with Gasteiger partial charge in [-0.15, -0.1) is 0 Å². The van der Waals surface area contributed by atoms with Gasteiger partial charge < -0.3 is 5.11 Å². The average molecular weight is 244 g/mol.